The van der Waals surface area contributed by atoms with Crippen molar-refractivity contribution in [3.63, 3.8) is 0 Å². The van der Waals surface area contributed by atoms with Crippen LogP contribution in [0.5, 0.6) is 0 Å². The SMILES string of the molecule is CC(C)c1nn(C)cc1CNC1CCOC1. The van der Waals surface area contributed by atoms with E-state index in [-0.39, 0.29) is 0 Å². The van der Waals surface area contributed by atoms with Crippen molar-refractivity contribution in [3.05, 3.63) is 17.5 Å². The van der Waals surface area contributed by atoms with Crippen LogP contribution in [0.4, 0.5) is 0 Å². The first-order valence-corrected chi connectivity index (χ1v) is 6.00. The number of hydrogen-bond acceptors (Lipinski definition) is 3. The Morgan fingerprint density at radius 3 is 3.06 bits per heavy atom. The number of ether oxygens (including phenoxy) is 1. The van der Waals surface area contributed by atoms with Crippen molar-refractivity contribution in [1.29, 1.82) is 0 Å². The first-order chi connectivity index (χ1) is 7.66. The van der Waals surface area contributed by atoms with Gasteiger partial charge >= 0.3 is 0 Å². The lowest BCUT2D eigenvalue weighted by Crippen LogP contribution is -2.28. The van der Waals surface area contributed by atoms with Gasteiger partial charge in [-0.1, -0.05) is 13.8 Å². The quantitative estimate of drug-likeness (QED) is 0.839. The molecular weight excluding hydrogens is 202 g/mol. The van der Waals surface area contributed by atoms with Gasteiger partial charge in [0, 0.05) is 38.0 Å². The van der Waals surface area contributed by atoms with Crippen LogP contribution in [-0.2, 0) is 18.3 Å². The summed E-state index contributed by atoms with van der Waals surface area (Å²) in [6.07, 6.45) is 3.23. The van der Waals surface area contributed by atoms with E-state index < -0.39 is 0 Å². The fourth-order valence-corrected chi connectivity index (χ4v) is 2.13. The zero-order chi connectivity index (χ0) is 11.5. The summed E-state index contributed by atoms with van der Waals surface area (Å²) >= 11 is 0. The second-order valence-corrected chi connectivity index (χ2v) is 4.81. The highest BCUT2D eigenvalue weighted by molar-refractivity contribution is 5.20. The van der Waals surface area contributed by atoms with Gasteiger partial charge in [0.15, 0.2) is 0 Å². The van der Waals surface area contributed by atoms with Crippen molar-refractivity contribution >= 4 is 0 Å². The third kappa shape index (κ3) is 2.62. The summed E-state index contributed by atoms with van der Waals surface area (Å²) in [7, 11) is 1.98. The minimum absolute atomic E-state index is 0.484. The van der Waals surface area contributed by atoms with Gasteiger partial charge in [0.2, 0.25) is 0 Å². The van der Waals surface area contributed by atoms with Crippen LogP contribution in [0.2, 0.25) is 0 Å². The summed E-state index contributed by atoms with van der Waals surface area (Å²) in [5.74, 6) is 0.484. The molecule has 90 valence electrons. The molecule has 1 unspecified atom stereocenters. The molecule has 1 atom stereocenters. The molecule has 0 aromatic carbocycles. The van der Waals surface area contributed by atoms with Crippen LogP contribution < -0.4 is 5.32 Å². The number of aromatic nitrogens is 2. The molecule has 2 rings (SSSR count). The molecule has 16 heavy (non-hydrogen) atoms. The lowest BCUT2D eigenvalue weighted by Gasteiger charge is -2.11. The minimum atomic E-state index is 0.484. The molecule has 1 saturated heterocycles. The Hall–Kier alpha value is -0.870. The summed E-state index contributed by atoms with van der Waals surface area (Å²) in [4.78, 5) is 0. The van der Waals surface area contributed by atoms with E-state index in [0.717, 1.165) is 26.2 Å². The molecular formula is C12H21N3O. The lowest BCUT2D eigenvalue weighted by atomic mass is 10.1. The van der Waals surface area contributed by atoms with E-state index in [9.17, 15) is 0 Å². The second kappa shape index (κ2) is 4.97. The average molecular weight is 223 g/mol. The maximum absolute atomic E-state index is 5.35. The third-order valence-corrected chi connectivity index (χ3v) is 2.99. The molecule has 2 heterocycles. The summed E-state index contributed by atoms with van der Waals surface area (Å²) < 4.78 is 7.25. The minimum Gasteiger partial charge on any atom is -0.380 e. The zero-order valence-corrected chi connectivity index (χ0v) is 10.4. The average Bonchev–Trinajstić information content (AvgIpc) is 2.83. The second-order valence-electron chi connectivity index (χ2n) is 4.81. The van der Waals surface area contributed by atoms with Crippen LogP contribution in [0.3, 0.4) is 0 Å². The molecule has 0 saturated carbocycles. The van der Waals surface area contributed by atoms with Crippen molar-refractivity contribution in [2.24, 2.45) is 7.05 Å². The normalized spacial score (nSPS) is 20.9. The topological polar surface area (TPSA) is 39.1 Å². The summed E-state index contributed by atoms with van der Waals surface area (Å²) in [5.41, 5.74) is 2.51. The highest BCUT2D eigenvalue weighted by atomic mass is 16.5. The molecule has 0 radical (unpaired) electrons. The maximum atomic E-state index is 5.35. The van der Waals surface area contributed by atoms with Crippen LogP contribution >= 0.6 is 0 Å². The predicted octanol–water partition coefficient (Wildman–Crippen LogP) is 1.42. The lowest BCUT2D eigenvalue weighted by molar-refractivity contribution is 0.190. The van der Waals surface area contributed by atoms with Gasteiger partial charge in [-0.2, -0.15) is 5.10 Å². The van der Waals surface area contributed by atoms with Gasteiger partial charge in [0.05, 0.1) is 12.3 Å². The smallest absolute Gasteiger partial charge is 0.0694 e. The zero-order valence-electron chi connectivity index (χ0n) is 10.4. The van der Waals surface area contributed by atoms with Gasteiger partial charge in [0.25, 0.3) is 0 Å². The molecule has 0 bridgehead atoms. The van der Waals surface area contributed by atoms with Crippen molar-refractivity contribution in [2.75, 3.05) is 13.2 Å². The fourth-order valence-electron chi connectivity index (χ4n) is 2.13. The Morgan fingerprint density at radius 1 is 1.62 bits per heavy atom. The van der Waals surface area contributed by atoms with Gasteiger partial charge in [-0.05, 0) is 12.3 Å². The van der Waals surface area contributed by atoms with E-state index >= 15 is 0 Å². The van der Waals surface area contributed by atoms with Gasteiger partial charge in [-0.3, -0.25) is 4.68 Å². The molecule has 1 aliphatic heterocycles. The number of nitrogens with zero attached hydrogens (tertiary/aromatic N) is 2. The molecule has 0 aliphatic carbocycles. The largest absolute Gasteiger partial charge is 0.380 e. The number of aryl methyl sites for hydroxylation is 1. The molecule has 4 nitrogen and oxygen atoms in total. The molecule has 1 aromatic rings. The molecule has 4 heteroatoms. The fraction of sp³-hybridized carbons (Fsp3) is 0.750. The molecule has 0 spiro atoms. The van der Waals surface area contributed by atoms with Crippen molar-refractivity contribution in [1.82, 2.24) is 15.1 Å². The van der Waals surface area contributed by atoms with E-state index in [0.29, 0.717) is 12.0 Å². The first kappa shape index (κ1) is 11.6. The Bertz CT molecular complexity index is 340. The van der Waals surface area contributed by atoms with Crippen LogP contribution in [-0.4, -0.2) is 29.0 Å². The van der Waals surface area contributed by atoms with Gasteiger partial charge < -0.3 is 10.1 Å². The van der Waals surface area contributed by atoms with E-state index in [1.165, 1.54) is 11.3 Å². The number of nitrogens with one attached hydrogen (secondary N) is 1. The van der Waals surface area contributed by atoms with Crippen molar-refractivity contribution in [3.8, 4) is 0 Å². The van der Waals surface area contributed by atoms with E-state index in [2.05, 4.69) is 30.5 Å². The Labute approximate surface area is 97.0 Å². The van der Waals surface area contributed by atoms with Crippen molar-refractivity contribution in [2.45, 2.75) is 38.8 Å². The van der Waals surface area contributed by atoms with E-state index in [1.807, 2.05) is 11.7 Å². The van der Waals surface area contributed by atoms with Crippen LogP contribution in [0.15, 0.2) is 6.20 Å². The highest BCUT2D eigenvalue weighted by Crippen LogP contribution is 2.17. The van der Waals surface area contributed by atoms with E-state index in [1.54, 1.807) is 0 Å². The Balaban J connectivity index is 1.97. The van der Waals surface area contributed by atoms with Gasteiger partial charge in [-0.25, -0.2) is 0 Å². The monoisotopic (exact) mass is 223 g/mol. The van der Waals surface area contributed by atoms with Gasteiger partial charge in [-0.15, -0.1) is 0 Å². The van der Waals surface area contributed by atoms with E-state index in [4.69, 9.17) is 4.74 Å². The summed E-state index contributed by atoms with van der Waals surface area (Å²) in [6, 6.07) is 0.514. The predicted molar refractivity (Wildman–Crippen MR) is 63.4 cm³/mol. The van der Waals surface area contributed by atoms with Gasteiger partial charge in [0.1, 0.15) is 0 Å². The highest BCUT2D eigenvalue weighted by Gasteiger charge is 2.17. The van der Waals surface area contributed by atoms with Crippen LogP contribution in [0, 0.1) is 0 Å². The summed E-state index contributed by atoms with van der Waals surface area (Å²) in [6.45, 7) is 7.00. The van der Waals surface area contributed by atoms with Crippen LogP contribution in [0.25, 0.3) is 0 Å². The molecule has 1 aromatic heterocycles. The molecule has 1 aliphatic rings. The molecule has 0 amide bonds. The summed E-state index contributed by atoms with van der Waals surface area (Å²) in [5, 5.41) is 8.03. The standard InChI is InChI=1S/C12H21N3O/c1-9(2)12-10(7-15(3)14-12)6-13-11-4-5-16-8-11/h7,9,11,13H,4-6,8H2,1-3H3. The molecule has 1 N–H and O–H groups in total. The van der Waals surface area contributed by atoms with Crippen LogP contribution in [0.1, 0.15) is 37.4 Å². The Kier molecular flexibility index (Phi) is 3.61. The number of hydrogen-bond donors (Lipinski definition) is 1. The first-order valence-electron chi connectivity index (χ1n) is 6.00. The van der Waals surface area contributed by atoms with Crippen molar-refractivity contribution < 1.29 is 4.74 Å². The third-order valence-electron chi connectivity index (χ3n) is 2.99. The maximum Gasteiger partial charge on any atom is 0.0694 e. The Morgan fingerprint density at radius 2 is 2.44 bits per heavy atom. The molecule has 1 fully saturated rings. The number of rotatable bonds is 4.